The Bertz CT molecular complexity index is 3750. The van der Waals surface area contributed by atoms with Crippen LogP contribution >= 0.6 is 11.3 Å². The van der Waals surface area contributed by atoms with Crippen LogP contribution in [0.15, 0.2) is 121 Å². The largest absolute Gasteiger partial charge is 2.00 e. The molecule has 0 N–H and O–H groups in total. The van der Waals surface area contributed by atoms with Gasteiger partial charge in [0.25, 0.3) is 0 Å². The van der Waals surface area contributed by atoms with Gasteiger partial charge >= 0.3 is 21.1 Å². The van der Waals surface area contributed by atoms with Crippen LogP contribution in [0.2, 0.25) is 0 Å². The smallest absolute Gasteiger partial charge is 0.509 e. The van der Waals surface area contributed by atoms with Crippen molar-refractivity contribution in [2.75, 3.05) is 0 Å². The fraction of sp³-hybridized carbons (Fsp3) is 0.0698. The van der Waals surface area contributed by atoms with E-state index < -0.39 is 35.6 Å². The SMILES string of the molecule is [2H]c1c(Oc2[c-]c3c(c([2H])c2[2H])c2c([2H])c([2H])c4sc5c([2H])c([2H])c([2H])c([2H])c5c4c2n3-c2ccccn2)[c-]c2c(c1[2H])C(C)(C)c1c([2H])c([2H])c([2H])c3c4cccnc4n-2c13.[Pt+2]. The van der Waals surface area contributed by atoms with Crippen LogP contribution in [0.1, 0.15) is 42.8 Å². The second kappa shape index (κ2) is 10.6. The minimum Gasteiger partial charge on any atom is -0.509 e. The molecule has 0 unspecified atom stereocenters. The molecular formula is C43H26N4OPtS. The number of rotatable bonds is 3. The summed E-state index contributed by atoms with van der Waals surface area (Å²) >= 11 is 0.968. The molecule has 1 aliphatic rings. The maximum absolute atomic E-state index is 9.43. The molecule has 11 rings (SSSR count). The van der Waals surface area contributed by atoms with Crippen molar-refractivity contribution >= 4 is 75.3 Å². The first kappa shape index (κ1) is 19.2. The molecule has 0 amide bonds. The van der Waals surface area contributed by atoms with Gasteiger partial charge in [-0.3, -0.25) is 0 Å². The van der Waals surface area contributed by atoms with Gasteiger partial charge < -0.3 is 13.9 Å². The zero-order chi connectivity index (χ0) is 43.7. The van der Waals surface area contributed by atoms with E-state index in [9.17, 15) is 6.85 Å². The first-order valence-electron chi connectivity index (χ1n) is 21.9. The maximum atomic E-state index is 9.43. The molecule has 5 nitrogen and oxygen atoms in total. The molecule has 0 fully saturated rings. The van der Waals surface area contributed by atoms with Crippen LogP contribution < -0.4 is 4.74 Å². The summed E-state index contributed by atoms with van der Waals surface area (Å²) in [6, 6.07) is 10.5. The first-order valence-corrected chi connectivity index (χ1v) is 16.2. The third-order valence-electron chi connectivity index (χ3n) is 9.24. The molecule has 0 aliphatic carbocycles. The van der Waals surface area contributed by atoms with E-state index in [0.717, 1.165) is 11.3 Å². The number of benzene rings is 5. The van der Waals surface area contributed by atoms with Crippen LogP contribution in [-0.2, 0) is 26.5 Å². The predicted molar refractivity (Wildman–Crippen MR) is 200 cm³/mol. The number of hydrogen-bond donors (Lipinski definition) is 0. The molecule has 0 atom stereocenters. The molecule has 0 spiro atoms. The Balaban J connectivity index is 0.00000471. The normalized spacial score (nSPS) is 17.0. The Labute approximate surface area is 323 Å². The first-order chi connectivity index (χ1) is 29.5. The Morgan fingerprint density at radius 1 is 0.680 bits per heavy atom. The van der Waals surface area contributed by atoms with Crippen molar-refractivity contribution in [2.24, 2.45) is 0 Å². The van der Waals surface area contributed by atoms with Crippen LogP contribution in [0.4, 0.5) is 0 Å². The van der Waals surface area contributed by atoms with Gasteiger partial charge in [0.1, 0.15) is 11.5 Å². The number of aromatic nitrogens is 4. The van der Waals surface area contributed by atoms with Crippen molar-refractivity contribution in [3.8, 4) is 23.0 Å². The van der Waals surface area contributed by atoms with E-state index in [0.29, 0.717) is 33.1 Å². The maximum Gasteiger partial charge on any atom is 2.00 e. The van der Waals surface area contributed by atoms with Crippen LogP contribution in [-0.4, -0.2) is 19.1 Å². The van der Waals surface area contributed by atoms with Crippen LogP contribution in [0.5, 0.6) is 11.5 Å². The fourth-order valence-electron chi connectivity index (χ4n) is 7.09. The third-order valence-corrected chi connectivity index (χ3v) is 10.3. The number of fused-ring (bicyclic) bond motifs is 12. The summed E-state index contributed by atoms with van der Waals surface area (Å²) < 4.78 is 127. The number of nitrogens with zero attached hydrogens (tertiary/aromatic N) is 4. The summed E-state index contributed by atoms with van der Waals surface area (Å²) in [6.07, 6.45) is 3.09. The van der Waals surface area contributed by atoms with Gasteiger partial charge in [0.05, 0.1) is 23.4 Å². The topological polar surface area (TPSA) is 44.9 Å². The summed E-state index contributed by atoms with van der Waals surface area (Å²) in [6.45, 7) is 3.58. The molecule has 0 saturated carbocycles. The molecule has 10 aromatic rings. The fourth-order valence-corrected chi connectivity index (χ4v) is 8.05. The average molecular weight is 855 g/mol. The second-order valence-electron chi connectivity index (χ2n) is 12.3. The van der Waals surface area contributed by atoms with Gasteiger partial charge in [0, 0.05) is 57.6 Å². The molecule has 50 heavy (non-hydrogen) atoms. The number of hydrogen-bond acceptors (Lipinski definition) is 4. The van der Waals surface area contributed by atoms with Gasteiger partial charge in [-0.25, -0.2) is 9.97 Å². The number of ether oxygens (including phenoxy) is 1. The summed E-state index contributed by atoms with van der Waals surface area (Å²) in [5.41, 5.74) is 0.966. The molecular weight excluding hydrogens is 816 g/mol. The minimum atomic E-state index is -1.13. The Morgan fingerprint density at radius 2 is 1.48 bits per heavy atom. The van der Waals surface area contributed by atoms with Crippen LogP contribution in [0.25, 0.3) is 75.4 Å². The quantitative estimate of drug-likeness (QED) is 0.166. The van der Waals surface area contributed by atoms with E-state index in [1.54, 1.807) is 59.5 Å². The van der Waals surface area contributed by atoms with E-state index >= 15 is 0 Å². The molecule has 5 aromatic carbocycles. The van der Waals surface area contributed by atoms with Gasteiger partial charge in [0.2, 0.25) is 0 Å². The monoisotopic (exact) mass is 854 g/mol. The third kappa shape index (κ3) is 3.92. The van der Waals surface area contributed by atoms with Crippen molar-refractivity contribution in [3.63, 3.8) is 0 Å². The van der Waals surface area contributed by atoms with Crippen LogP contribution in [0.3, 0.4) is 0 Å². The molecule has 7 heteroatoms. The zero-order valence-electron chi connectivity index (χ0n) is 39.0. The van der Waals surface area contributed by atoms with Gasteiger partial charge in [-0.2, -0.15) is 12.1 Å². The molecule has 240 valence electrons. The van der Waals surface area contributed by atoms with Gasteiger partial charge in [0.15, 0.2) is 0 Å². The molecule has 1 aliphatic heterocycles. The number of pyridine rings is 2. The van der Waals surface area contributed by atoms with E-state index in [-0.39, 0.29) is 134 Å². The number of para-hydroxylation sites is 1. The molecule has 0 radical (unpaired) electrons. The number of thiophene rings is 1. The molecule has 0 saturated heterocycles. The van der Waals surface area contributed by atoms with E-state index in [1.807, 2.05) is 0 Å². The summed E-state index contributed by atoms with van der Waals surface area (Å²) in [5, 5.41) is 1.45. The molecule has 6 heterocycles. The zero-order valence-corrected chi connectivity index (χ0v) is 29.1. The van der Waals surface area contributed by atoms with Gasteiger partial charge in [-0.05, 0) is 55.5 Å². The summed E-state index contributed by atoms with van der Waals surface area (Å²) in [5.74, 6) is -0.362. The molecule has 5 aromatic heterocycles. The van der Waals surface area contributed by atoms with Crippen LogP contribution in [0, 0.1) is 12.1 Å². The Kier molecular flexibility index (Phi) is 4.07. The standard InChI is InChI=1S/C43H26N4OS.Pt/c1-43(2)32-19-16-26(24-35(32)47-40-28(10-7-12-33(40)43)30-11-8-22-45-42(30)47)48-25-15-17-27-29-18-20-37-39(31-9-3-4-13-36(31)49-37)41(29)46(34(27)23-25)38-14-5-6-21-44-38;/h3-22H,1-2H3;/q-2;+2/i3D,4D,7D,9D,10D,12D,13D,15D,16D,17D,18D,19D,20D;. The van der Waals surface area contributed by atoms with Crippen molar-refractivity contribution in [1.29, 1.82) is 0 Å². The molecule has 0 bridgehead atoms. The Morgan fingerprint density at radius 3 is 2.38 bits per heavy atom. The van der Waals surface area contributed by atoms with E-state index in [4.69, 9.17) is 15.7 Å². The van der Waals surface area contributed by atoms with Crippen molar-refractivity contribution < 1.29 is 43.6 Å². The predicted octanol–water partition coefficient (Wildman–Crippen LogP) is 11.1. The average Bonchev–Trinajstić information content (AvgIpc) is 3.92. The van der Waals surface area contributed by atoms with E-state index in [1.165, 1.54) is 6.20 Å². The van der Waals surface area contributed by atoms with E-state index in [2.05, 4.69) is 22.1 Å². The minimum absolute atomic E-state index is 0. The summed E-state index contributed by atoms with van der Waals surface area (Å²) in [4.78, 5) is 9.19. The van der Waals surface area contributed by atoms with Gasteiger partial charge in [-0.1, -0.05) is 73.4 Å². The van der Waals surface area contributed by atoms with Crippen molar-refractivity contribution in [1.82, 2.24) is 19.1 Å². The van der Waals surface area contributed by atoms with Gasteiger partial charge in [-0.15, -0.1) is 46.5 Å². The van der Waals surface area contributed by atoms with Crippen molar-refractivity contribution in [2.45, 2.75) is 19.3 Å². The second-order valence-corrected chi connectivity index (χ2v) is 13.3. The van der Waals surface area contributed by atoms with Crippen molar-refractivity contribution in [3.05, 3.63) is 145 Å². The summed E-state index contributed by atoms with van der Waals surface area (Å²) in [7, 11) is 0. The Hall–Kier alpha value is -5.29.